The van der Waals surface area contributed by atoms with Gasteiger partial charge in [-0.25, -0.2) is 0 Å². The molecular formula is C6H15N3O8P2. The van der Waals surface area contributed by atoms with E-state index in [1.165, 1.54) is 0 Å². The molecule has 0 fully saturated rings. The summed E-state index contributed by atoms with van der Waals surface area (Å²) in [7, 11) is -9.44. The van der Waals surface area contributed by atoms with Crippen LogP contribution in [-0.2, 0) is 18.7 Å². The van der Waals surface area contributed by atoms with Crippen LogP contribution in [0.25, 0.3) is 0 Å². The van der Waals surface area contributed by atoms with Gasteiger partial charge in [-0.2, -0.15) is 0 Å². The van der Waals surface area contributed by atoms with Crippen molar-refractivity contribution in [3.63, 3.8) is 0 Å². The summed E-state index contributed by atoms with van der Waals surface area (Å²) in [6.07, 6.45) is -2.99. The number of amides is 2. The highest BCUT2D eigenvalue weighted by molar-refractivity contribution is 7.52. The minimum absolute atomic E-state index is 0.453. The fourth-order valence-corrected chi connectivity index (χ4v) is 3.01. The molecule has 0 rings (SSSR count). The van der Waals surface area contributed by atoms with Crippen LogP contribution in [0.15, 0.2) is 0 Å². The van der Waals surface area contributed by atoms with Crippen molar-refractivity contribution in [2.24, 2.45) is 11.5 Å². The molecular weight excluding hydrogens is 304 g/mol. The Kier molecular flexibility index (Phi) is 6.30. The number of hydrogen-bond acceptors (Lipinski definition) is 5. The summed E-state index contributed by atoms with van der Waals surface area (Å²) < 4.78 is 21.7. The molecule has 0 radical (unpaired) electrons. The normalized spacial score (nSPS) is 14.4. The molecule has 0 saturated heterocycles. The van der Waals surface area contributed by atoms with Crippen molar-refractivity contribution in [3.05, 3.63) is 0 Å². The summed E-state index contributed by atoms with van der Waals surface area (Å²) in [5.41, 5.74) is 9.76. The Morgan fingerprint density at radius 1 is 1.00 bits per heavy atom. The Morgan fingerprint density at radius 2 is 1.37 bits per heavy atom. The van der Waals surface area contributed by atoms with Crippen LogP contribution in [0.2, 0.25) is 0 Å². The quantitative estimate of drug-likeness (QED) is 0.257. The van der Waals surface area contributed by atoms with Gasteiger partial charge in [-0.1, -0.05) is 0 Å². The highest BCUT2D eigenvalue weighted by Crippen LogP contribution is 2.41. The van der Waals surface area contributed by atoms with Crippen molar-refractivity contribution in [1.82, 2.24) is 4.90 Å². The van der Waals surface area contributed by atoms with Crippen LogP contribution in [0.5, 0.6) is 0 Å². The van der Waals surface area contributed by atoms with Crippen LogP contribution < -0.4 is 11.5 Å². The van der Waals surface area contributed by atoms with Crippen LogP contribution in [-0.4, -0.2) is 54.9 Å². The molecule has 0 saturated carbocycles. The van der Waals surface area contributed by atoms with Crippen LogP contribution in [0.3, 0.4) is 0 Å². The molecule has 1 unspecified atom stereocenters. The predicted molar refractivity (Wildman–Crippen MR) is 62.5 cm³/mol. The molecule has 0 spiro atoms. The summed E-state index contributed by atoms with van der Waals surface area (Å²) in [5, 5.41) is 0. The van der Waals surface area contributed by atoms with Crippen molar-refractivity contribution in [2.45, 2.75) is 12.5 Å². The summed E-state index contributed by atoms with van der Waals surface area (Å²) >= 11 is 0. The summed E-state index contributed by atoms with van der Waals surface area (Å²) in [6, 6.07) is -1.61. The van der Waals surface area contributed by atoms with Crippen molar-refractivity contribution in [3.8, 4) is 0 Å². The summed E-state index contributed by atoms with van der Waals surface area (Å²) in [6.45, 7) is 0. The third-order valence-corrected chi connectivity index (χ3v) is 3.36. The van der Waals surface area contributed by atoms with Crippen molar-refractivity contribution in [2.75, 3.05) is 12.6 Å². The average Bonchev–Trinajstić information content (AvgIpc) is 2.07. The number of primary amides is 2. The van der Waals surface area contributed by atoms with E-state index in [-0.39, 0.29) is 0 Å². The molecule has 0 aromatic rings. The first kappa shape index (κ1) is 18.2. The molecule has 0 aliphatic rings. The van der Waals surface area contributed by atoms with E-state index in [2.05, 4.69) is 0 Å². The van der Waals surface area contributed by atoms with Gasteiger partial charge in [0.25, 0.3) is 0 Å². The maximum Gasteiger partial charge on any atom is 0.339 e. The Morgan fingerprint density at radius 3 is 1.58 bits per heavy atom. The minimum Gasteiger partial charge on any atom is -0.370 e. The second-order valence-electron chi connectivity index (χ2n) is 3.79. The maximum absolute atomic E-state index is 11.1. The first-order valence-electron chi connectivity index (χ1n) is 4.72. The molecule has 0 aromatic heterocycles. The Bertz CT molecular complexity index is 418. The Hall–Kier alpha value is -0.800. The van der Waals surface area contributed by atoms with Gasteiger partial charge in [0.15, 0.2) is 0 Å². The molecule has 112 valence electrons. The van der Waals surface area contributed by atoms with E-state index in [1.807, 2.05) is 0 Å². The number of carbonyl (C=O) groups excluding carboxylic acids is 2. The molecule has 0 heterocycles. The molecule has 0 bridgehead atoms. The Labute approximate surface area is 107 Å². The predicted octanol–water partition coefficient (Wildman–Crippen LogP) is -2.71. The van der Waals surface area contributed by atoms with Crippen LogP contribution in [0.4, 0.5) is 0 Å². The highest BCUT2D eigenvalue weighted by atomic mass is 31.2. The van der Waals surface area contributed by atoms with Gasteiger partial charge in [0, 0.05) is 0 Å². The fraction of sp³-hybridized carbons (Fsp3) is 0.667. The summed E-state index contributed by atoms with van der Waals surface area (Å²) in [4.78, 5) is 57.5. The SMILES string of the molecule is NC(=O)CC(C(N)=O)N(CP(=O)(O)O)CP(=O)(O)O. The third kappa shape index (κ3) is 8.84. The van der Waals surface area contributed by atoms with Gasteiger partial charge in [-0.3, -0.25) is 23.6 Å². The molecule has 13 heteroatoms. The maximum atomic E-state index is 11.1. The van der Waals surface area contributed by atoms with Gasteiger partial charge < -0.3 is 31.0 Å². The number of rotatable bonds is 8. The van der Waals surface area contributed by atoms with E-state index in [4.69, 9.17) is 31.0 Å². The zero-order valence-corrected chi connectivity index (χ0v) is 11.4. The average molecular weight is 319 g/mol. The second kappa shape index (κ2) is 6.58. The topological polar surface area (TPSA) is 204 Å². The molecule has 8 N–H and O–H groups in total. The monoisotopic (exact) mass is 319 g/mol. The third-order valence-electron chi connectivity index (χ3n) is 1.90. The van der Waals surface area contributed by atoms with Crippen LogP contribution in [0.1, 0.15) is 6.42 Å². The van der Waals surface area contributed by atoms with E-state index in [1.54, 1.807) is 0 Å². The van der Waals surface area contributed by atoms with Gasteiger partial charge >= 0.3 is 15.2 Å². The molecule has 0 aromatic carbocycles. The van der Waals surface area contributed by atoms with Gasteiger partial charge in [0.05, 0.1) is 12.5 Å². The van der Waals surface area contributed by atoms with Crippen molar-refractivity contribution in [1.29, 1.82) is 0 Å². The fourth-order valence-electron chi connectivity index (χ4n) is 1.32. The van der Waals surface area contributed by atoms with Gasteiger partial charge in [0.2, 0.25) is 11.8 Å². The lowest BCUT2D eigenvalue weighted by molar-refractivity contribution is -0.127. The molecule has 0 aliphatic heterocycles. The van der Waals surface area contributed by atoms with Crippen LogP contribution in [0, 0.1) is 0 Å². The molecule has 19 heavy (non-hydrogen) atoms. The number of nitrogens with zero attached hydrogens (tertiary/aromatic N) is 1. The molecule has 11 nitrogen and oxygen atoms in total. The van der Waals surface area contributed by atoms with E-state index < -0.39 is 52.0 Å². The highest BCUT2D eigenvalue weighted by Gasteiger charge is 2.34. The molecule has 0 aliphatic carbocycles. The van der Waals surface area contributed by atoms with Gasteiger partial charge in [-0.05, 0) is 0 Å². The number of hydrogen-bond donors (Lipinski definition) is 6. The largest absolute Gasteiger partial charge is 0.370 e. The van der Waals surface area contributed by atoms with Crippen molar-refractivity contribution < 1.29 is 38.3 Å². The smallest absolute Gasteiger partial charge is 0.339 e. The van der Waals surface area contributed by atoms with Crippen molar-refractivity contribution >= 4 is 27.0 Å². The Balaban J connectivity index is 5.27. The zero-order chi connectivity index (χ0) is 15.4. The van der Waals surface area contributed by atoms with E-state index >= 15 is 0 Å². The number of nitrogens with two attached hydrogens (primary N) is 2. The van der Waals surface area contributed by atoms with E-state index in [0.29, 0.717) is 4.90 Å². The van der Waals surface area contributed by atoms with E-state index in [0.717, 1.165) is 0 Å². The first-order chi connectivity index (χ1) is 8.32. The summed E-state index contributed by atoms with van der Waals surface area (Å²) in [5.74, 6) is -2.19. The van der Waals surface area contributed by atoms with E-state index in [9.17, 15) is 18.7 Å². The second-order valence-corrected chi connectivity index (χ2v) is 7.01. The lowest BCUT2D eigenvalue weighted by atomic mass is 10.2. The molecule has 1 atom stereocenters. The van der Waals surface area contributed by atoms with Gasteiger partial charge in [-0.15, -0.1) is 0 Å². The lowest BCUT2D eigenvalue weighted by Gasteiger charge is -2.28. The van der Waals surface area contributed by atoms with Crippen LogP contribution >= 0.6 is 15.2 Å². The standard InChI is InChI=1S/C6H15N3O8P2/c7-5(10)1-4(6(8)11)9(2-18(12,13)14)3-19(15,16)17/h4H,1-3H2,(H2,7,10)(H2,8,11)(H2,12,13,14)(H2,15,16,17). The minimum atomic E-state index is -4.72. The zero-order valence-electron chi connectivity index (χ0n) is 9.62. The number of carbonyl (C=O) groups is 2. The lowest BCUT2D eigenvalue weighted by Crippen LogP contribution is -2.47. The van der Waals surface area contributed by atoms with Gasteiger partial charge in [0.1, 0.15) is 12.6 Å². The molecule has 2 amide bonds. The first-order valence-corrected chi connectivity index (χ1v) is 8.32.